The van der Waals surface area contributed by atoms with Crippen LogP contribution in [0.15, 0.2) is 206 Å². The van der Waals surface area contributed by atoms with Crippen molar-refractivity contribution < 1.29 is 4.74 Å². The van der Waals surface area contributed by atoms with Crippen LogP contribution in [0.1, 0.15) is 44.5 Å². The highest BCUT2D eigenvalue weighted by atomic mass is 16.5. The molecule has 3 aliphatic carbocycles. The second-order valence-electron chi connectivity index (χ2n) is 16.6. The predicted octanol–water partition coefficient (Wildman–Crippen LogP) is 14.5. The molecule has 10 aromatic rings. The standard InChI is InChI=1S/C58H34O/c1-3-15-39-35(13-1)25-30-46-44-20-8-12-24-50(44)58(55(39)46)49-23-11-7-19-43(49)45-29-26-37(33-52(45)58)38-28-32-54-53(34-38)57(51-31-27-36-14-2-4-16-40(36)56(51)59-54)47-21-9-5-17-41(47)42-18-6-10-22-48(42)57/h1-34H. The Morgan fingerprint density at radius 1 is 0.288 bits per heavy atom. The fourth-order valence-electron chi connectivity index (χ4n) is 11.9. The van der Waals surface area contributed by atoms with Crippen molar-refractivity contribution in [1.82, 2.24) is 0 Å². The monoisotopic (exact) mass is 746 g/mol. The van der Waals surface area contributed by atoms with Gasteiger partial charge in [-0.2, -0.15) is 0 Å². The first kappa shape index (κ1) is 31.6. The highest BCUT2D eigenvalue weighted by Crippen LogP contribution is 2.66. The normalized spacial score (nSPS) is 16.5. The Labute approximate surface area is 342 Å². The molecule has 272 valence electrons. The molecule has 0 saturated carbocycles. The number of fused-ring (bicyclic) bond motifs is 23. The molecule has 0 aromatic heterocycles. The first-order valence-corrected chi connectivity index (χ1v) is 20.7. The van der Waals surface area contributed by atoms with Crippen LogP contribution in [0.5, 0.6) is 11.5 Å². The molecule has 0 bridgehead atoms. The molecule has 1 unspecified atom stereocenters. The average molecular weight is 747 g/mol. The van der Waals surface area contributed by atoms with Gasteiger partial charge in [-0.1, -0.05) is 188 Å². The van der Waals surface area contributed by atoms with E-state index in [9.17, 15) is 0 Å². The van der Waals surface area contributed by atoms with Gasteiger partial charge in [0.1, 0.15) is 11.5 Å². The molecule has 59 heavy (non-hydrogen) atoms. The number of ether oxygens (including phenoxy) is 1. The molecule has 0 radical (unpaired) electrons. The summed E-state index contributed by atoms with van der Waals surface area (Å²) in [6, 6.07) is 77.2. The Bertz CT molecular complexity index is 3440. The summed E-state index contributed by atoms with van der Waals surface area (Å²) in [5, 5.41) is 4.89. The smallest absolute Gasteiger partial charge is 0.140 e. The first-order chi connectivity index (χ1) is 29.3. The molecule has 0 N–H and O–H groups in total. The van der Waals surface area contributed by atoms with Crippen molar-refractivity contribution in [3.05, 3.63) is 251 Å². The Morgan fingerprint density at radius 3 is 1.41 bits per heavy atom. The van der Waals surface area contributed by atoms with E-state index < -0.39 is 10.8 Å². The summed E-state index contributed by atoms with van der Waals surface area (Å²) in [6.45, 7) is 0. The lowest BCUT2D eigenvalue weighted by molar-refractivity contribution is 0.442. The van der Waals surface area contributed by atoms with Crippen molar-refractivity contribution in [1.29, 1.82) is 0 Å². The quantitative estimate of drug-likeness (QED) is 0.163. The third-order valence-electron chi connectivity index (χ3n) is 14.1. The number of hydrogen-bond donors (Lipinski definition) is 0. The molecule has 1 aliphatic heterocycles. The molecule has 10 aromatic carbocycles. The zero-order chi connectivity index (χ0) is 38.5. The van der Waals surface area contributed by atoms with Gasteiger partial charge in [0.25, 0.3) is 0 Å². The van der Waals surface area contributed by atoms with Gasteiger partial charge in [0.15, 0.2) is 0 Å². The summed E-state index contributed by atoms with van der Waals surface area (Å²) in [7, 11) is 0. The van der Waals surface area contributed by atoms with Crippen molar-refractivity contribution in [3.8, 4) is 56.0 Å². The van der Waals surface area contributed by atoms with E-state index in [4.69, 9.17) is 4.74 Å². The molecular formula is C58H34O. The first-order valence-electron chi connectivity index (χ1n) is 20.7. The molecule has 0 fully saturated rings. The summed E-state index contributed by atoms with van der Waals surface area (Å²) in [4.78, 5) is 0. The Hall–Kier alpha value is -7.48. The third kappa shape index (κ3) is 3.73. The van der Waals surface area contributed by atoms with Crippen LogP contribution in [-0.2, 0) is 10.8 Å². The molecular weight excluding hydrogens is 713 g/mol. The topological polar surface area (TPSA) is 9.23 Å². The lowest BCUT2D eigenvalue weighted by atomic mass is 9.65. The minimum atomic E-state index is -0.563. The fourth-order valence-corrected chi connectivity index (χ4v) is 11.9. The van der Waals surface area contributed by atoms with Gasteiger partial charge in [-0.25, -0.2) is 0 Å². The van der Waals surface area contributed by atoms with E-state index in [0.717, 1.165) is 16.9 Å². The van der Waals surface area contributed by atoms with E-state index in [1.165, 1.54) is 105 Å². The molecule has 0 saturated heterocycles. The van der Waals surface area contributed by atoms with Gasteiger partial charge >= 0.3 is 0 Å². The molecule has 0 amide bonds. The van der Waals surface area contributed by atoms with Crippen LogP contribution in [-0.4, -0.2) is 0 Å². The summed E-state index contributed by atoms with van der Waals surface area (Å²) in [6.07, 6.45) is 0. The van der Waals surface area contributed by atoms with E-state index in [1.54, 1.807) is 0 Å². The fraction of sp³-hybridized carbons (Fsp3) is 0.0345. The maximum absolute atomic E-state index is 7.11. The lowest BCUT2D eigenvalue weighted by Gasteiger charge is -2.40. The van der Waals surface area contributed by atoms with Crippen LogP contribution in [0.3, 0.4) is 0 Å². The van der Waals surface area contributed by atoms with Crippen LogP contribution in [0.25, 0.3) is 66.1 Å². The SMILES string of the molecule is c1ccc2c(c1)-c1ccccc1C21c2cc(-c3ccc4c(c3)C3(c5ccccc5-4)c4ccccc4-c4ccc5ccccc5c43)ccc2Oc2c1ccc1ccccc21. The molecule has 2 spiro atoms. The summed E-state index contributed by atoms with van der Waals surface area (Å²) >= 11 is 0. The second kappa shape index (κ2) is 11.1. The Balaban J connectivity index is 1.06. The zero-order valence-electron chi connectivity index (χ0n) is 32.0. The van der Waals surface area contributed by atoms with Crippen LogP contribution >= 0.6 is 0 Å². The molecule has 4 aliphatic rings. The summed E-state index contributed by atoms with van der Waals surface area (Å²) in [5.41, 5.74) is 19.6. The molecule has 1 heteroatoms. The van der Waals surface area contributed by atoms with E-state index in [1.807, 2.05) is 0 Å². The second-order valence-corrected chi connectivity index (χ2v) is 16.6. The molecule has 1 atom stereocenters. The summed E-state index contributed by atoms with van der Waals surface area (Å²) in [5.74, 6) is 1.84. The Morgan fingerprint density at radius 2 is 0.746 bits per heavy atom. The van der Waals surface area contributed by atoms with E-state index in [-0.39, 0.29) is 0 Å². The number of hydrogen-bond acceptors (Lipinski definition) is 1. The Kier molecular flexibility index (Phi) is 5.96. The van der Waals surface area contributed by atoms with Crippen LogP contribution in [0, 0.1) is 0 Å². The highest BCUT2D eigenvalue weighted by molar-refractivity contribution is 6.04. The van der Waals surface area contributed by atoms with E-state index in [0.29, 0.717) is 0 Å². The van der Waals surface area contributed by atoms with Gasteiger partial charge in [0, 0.05) is 16.5 Å². The van der Waals surface area contributed by atoms with Gasteiger partial charge in [-0.05, 0) is 112 Å². The van der Waals surface area contributed by atoms with Gasteiger partial charge in [-0.3, -0.25) is 0 Å². The minimum Gasteiger partial charge on any atom is -0.456 e. The molecule has 1 nitrogen and oxygen atoms in total. The third-order valence-corrected chi connectivity index (χ3v) is 14.1. The van der Waals surface area contributed by atoms with E-state index in [2.05, 4.69) is 206 Å². The summed E-state index contributed by atoms with van der Waals surface area (Å²) < 4.78 is 7.11. The zero-order valence-corrected chi connectivity index (χ0v) is 32.0. The average Bonchev–Trinajstić information content (AvgIpc) is 3.89. The van der Waals surface area contributed by atoms with Crippen molar-refractivity contribution >= 4 is 21.5 Å². The van der Waals surface area contributed by atoms with Gasteiger partial charge in [0.05, 0.1) is 10.8 Å². The highest BCUT2D eigenvalue weighted by Gasteiger charge is 2.54. The van der Waals surface area contributed by atoms with Gasteiger partial charge in [0.2, 0.25) is 0 Å². The minimum absolute atomic E-state index is 0.462. The van der Waals surface area contributed by atoms with Crippen LogP contribution < -0.4 is 4.74 Å². The van der Waals surface area contributed by atoms with E-state index >= 15 is 0 Å². The largest absolute Gasteiger partial charge is 0.456 e. The van der Waals surface area contributed by atoms with Crippen molar-refractivity contribution in [2.45, 2.75) is 10.8 Å². The molecule has 1 heterocycles. The van der Waals surface area contributed by atoms with Crippen LogP contribution in [0.4, 0.5) is 0 Å². The van der Waals surface area contributed by atoms with Crippen LogP contribution in [0.2, 0.25) is 0 Å². The van der Waals surface area contributed by atoms with Gasteiger partial charge < -0.3 is 4.74 Å². The van der Waals surface area contributed by atoms with Gasteiger partial charge in [-0.15, -0.1) is 0 Å². The maximum atomic E-state index is 7.11. The number of rotatable bonds is 1. The maximum Gasteiger partial charge on any atom is 0.140 e. The number of benzene rings is 10. The predicted molar refractivity (Wildman–Crippen MR) is 241 cm³/mol. The molecule has 14 rings (SSSR count). The van der Waals surface area contributed by atoms with Crippen molar-refractivity contribution in [3.63, 3.8) is 0 Å². The van der Waals surface area contributed by atoms with Crippen molar-refractivity contribution in [2.24, 2.45) is 0 Å². The lowest BCUT2D eigenvalue weighted by Crippen LogP contribution is -2.32. The van der Waals surface area contributed by atoms with Crippen molar-refractivity contribution in [2.75, 3.05) is 0 Å².